The molecule has 0 aromatic carbocycles. The van der Waals surface area contributed by atoms with Gasteiger partial charge in [-0.2, -0.15) is 0 Å². The summed E-state index contributed by atoms with van der Waals surface area (Å²) < 4.78 is 0. The minimum Gasteiger partial charge on any atom is -0.396 e. The summed E-state index contributed by atoms with van der Waals surface area (Å²) in [5.74, 6) is 0.0160. The minimum atomic E-state index is 0.0160. The molecule has 1 saturated carbocycles. The molecule has 2 N–H and O–H groups in total. The largest absolute Gasteiger partial charge is 0.396 e. The molecule has 1 heterocycles. The van der Waals surface area contributed by atoms with Crippen molar-refractivity contribution >= 4 is 17.2 Å². The van der Waals surface area contributed by atoms with E-state index in [4.69, 9.17) is 5.11 Å². The van der Waals surface area contributed by atoms with Crippen molar-refractivity contribution in [3.05, 3.63) is 21.9 Å². The minimum absolute atomic E-state index is 0.0160. The van der Waals surface area contributed by atoms with Gasteiger partial charge in [0.1, 0.15) is 0 Å². The van der Waals surface area contributed by atoms with Gasteiger partial charge in [-0.05, 0) is 43.7 Å². The molecule has 0 spiro atoms. The van der Waals surface area contributed by atoms with Gasteiger partial charge in [0, 0.05) is 18.0 Å². The average molecular weight is 239 g/mol. The SMILES string of the molecule is Cc1ccc(C(=O)NCC2(CCO)CC2)s1. The number of hydrogen-bond donors (Lipinski definition) is 2. The summed E-state index contributed by atoms with van der Waals surface area (Å²) >= 11 is 1.52. The van der Waals surface area contributed by atoms with E-state index in [1.54, 1.807) is 0 Å². The maximum atomic E-state index is 11.8. The quantitative estimate of drug-likeness (QED) is 0.825. The fraction of sp³-hybridized carbons (Fsp3) is 0.583. The van der Waals surface area contributed by atoms with Crippen molar-refractivity contribution in [2.24, 2.45) is 5.41 Å². The summed E-state index contributed by atoms with van der Waals surface area (Å²) in [6.45, 7) is 2.91. The van der Waals surface area contributed by atoms with Crippen molar-refractivity contribution in [1.29, 1.82) is 0 Å². The molecule has 1 aliphatic rings. The lowest BCUT2D eigenvalue weighted by molar-refractivity contribution is 0.0945. The zero-order chi connectivity index (χ0) is 11.6. The molecule has 3 nitrogen and oxygen atoms in total. The number of amides is 1. The zero-order valence-electron chi connectivity index (χ0n) is 9.45. The van der Waals surface area contributed by atoms with E-state index in [1.807, 2.05) is 19.1 Å². The van der Waals surface area contributed by atoms with Crippen LogP contribution >= 0.6 is 11.3 Å². The van der Waals surface area contributed by atoms with Crippen LogP contribution in [0.2, 0.25) is 0 Å². The smallest absolute Gasteiger partial charge is 0.261 e. The van der Waals surface area contributed by atoms with Crippen LogP contribution in [0.15, 0.2) is 12.1 Å². The van der Waals surface area contributed by atoms with E-state index in [0.717, 1.165) is 29.0 Å². The van der Waals surface area contributed by atoms with Crippen LogP contribution in [0.1, 0.15) is 33.8 Å². The van der Waals surface area contributed by atoms with Crippen LogP contribution in [0.25, 0.3) is 0 Å². The van der Waals surface area contributed by atoms with Crippen molar-refractivity contribution < 1.29 is 9.90 Å². The van der Waals surface area contributed by atoms with E-state index < -0.39 is 0 Å². The number of aliphatic hydroxyl groups is 1. The Morgan fingerprint density at radius 2 is 2.31 bits per heavy atom. The molecular weight excluding hydrogens is 222 g/mol. The van der Waals surface area contributed by atoms with Gasteiger partial charge in [-0.25, -0.2) is 0 Å². The fourth-order valence-corrected chi connectivity index (χ4v) is 2.62. The molecule has 4 heteroatoms. The Hall–Kier alpha value is -0.870. The maximum absolute atomic E-state index is 11.8. The second kappa shape index (κ2) is 4.55. The van der Waals surface area contributed by atoms with E-state index in [0.29, 0.717) is 6.54 Å². The first-order chi connectivity index (χ1) is 7.65. The highest BCUT2D eigenvalue weighted by atomic mass is 32.1. The second-order valence-electron chi connectivity index (χ2n) is 4.57. The summed E-state index contributed by atoms with van der Waals surface area (Å²) in [5.41, 5.74) is 0.191. The molecule has 0 atom stereocenters. The summed E-state index contributed by atoms with van der Waals surface area (Å²) in [6.07, 6.45) is 3.05. The van der Waals surface area contributed by atoms with Gasteiger partial charge in [-0.3, -0.25) is 4.79 Å². The van der Waals surface area contributed by atoms with E-state index in [-0.39, 0.29) is 17.9 Å². The van der Waals surface area contributed by atoms with E-state index in [1.165, 1.54) is 11.3 Å². The van der Waals surface area contributed by atoms with Crippen molar-refractivity contribution in [1.82, 2.24) is 5.32 Å². The third kappa shape index (κ3) is 2.62. The van der Waals surface area contributed by atoms with Gasteiger partial charge < -0.3 is 10.4 Å². The highest BCUT2D eigenvalue weighted by Gasteiger charge is 2.41. The normalized spacial score (nSPS) is 17.1. The Bertz CT molecular complexity index is 382. The number of carbonyl (C=O) groups excluding carboxylic acids is 1. The molecule has 0 bridgehead atoms. The van der Waals surface area contributed by atoms with Crippen LogP contribution in [0.5, 0.6) is 0 Å². The van der Waals surface area contributed by atoms with Crippen LogP contribution in [-0.2, 0) is 0 Å². The molecule has 0 saturated heterocycles. The molecule has 0 unspecified atom stereocenters. The van der Waals surface area contributed by atoms with Gasteiger partial charge in [0.2, 0.25) is 0 Å². The Labute approximate surface area is 99.5 Å². The molecule has 1 aromatic heterocycles. The lowest BCUT2D eigenvalue weighted by Gasteiger charge is -2.13. The molecule has 88 valence electrons. The first kappa shape index (κ1) is 11.6. The summed E-state index contributed by atoms with van der Waals surface area (Å²) in [4.78, 5) is 13.7. The molecule has 1 aromatic rings. The van der Waals surface area contributed by atoms with E-state index in [9.17, 15) is 4.79 Å². The molecule has 1 fully saturated rings. The molecule has 1 aliphatic carbocycles. The highest BCUT2D eigenvalue weighted by molar-refractivity contribution is 7.13. The van der Waals surface area contributed by atoms with Crippen LogP contribution in [0.4, 0.5) is 0 Å². The molecule has 1 amide bonds. The number of nitrogens with one attached hydrogen (secondary N) is 1. The third-order valence-corrected chi connectivity index (χ3v) is 4.19. The summed E-state index contributed by atoms with van der Waals surface area (Å²) in [6, 6.07) is 3.82. The number of thiophene rings is 1. The lowest BCUT2D eigenvalue weighted by Crippen LogP contribution is -2.30. The van der Waals surface area contributed by atoms with Crippen LogP contribution in [-0.4, -0.2) is 24.2 Å². The molecule has 0 aliphatic heterocycles. The Morgan fingerprint density at radius 3 is 2.81 bits per heavy atom. The standard InChI is InChI=1S/C12H17NO2S/c1-9-2-3-10(16-9)11(15)13-8-12(4-5-12)6-7-14/h2-3,14H,4-8H2,1H3,(H,13,15). The summed E-state index contributed by atoms with van der Waals surface area (Å²) in [7, 11) is 0. The summed E-state index contributed by atoms with van der Waals surface area (Å²) in [5, 5.41) is 11.9. The van der Waals surface area contributed by atoms with Crippen molar-refractivity contribution in [3.8, 4) is 0 Å². The van der Waals surface area contributed by atoms with Gasteiger partial charge in [-0.1, -0.05) is 0 Å². The Morgan fingerprint density at radius 1 is 1.56 bits per heavy atom. The number of hydrogen-bond acceptors (Lipinski definition) is 3. The van der Waals surface area contributed by atoms with Crippen LogP contribution in [0, 0.1) is 12.3 Å². The second-order valence-corrected chi connectivity index (χ2v) is 5.85. The molecule has 0 radical (unpaired) electrons. The Balaban J connectivity index is 1.84. The van der Waals surface area contributed by atoms with Crippen molar-refractivity contribution in [3.63, 3.8) is 0 Å². The monoisotopic (exact) mass is 239 g/mol. The molecular formula is C12H17NO2S. The lowest BCUT2D eigenvalue weighted by atomic mass is 10.0. The first-order valence-electron chi connectivity index (χ1n) is 5.61. The number of aryl methyl sites for hydroxylation is 1. The third-order valence-electron chi connectivity index (χ3n) is 3.19. The van der Waals surface area contributed by atoms with Gasteiger partial charge in [0.15, 0.2) is 0 Å². The van der Waals surface area contributed by atoms with Gasteiger partial charge in [0.05, 0.1) is 4.88 Å². The number of aliphatic hydroxyl groups excluding tert-OH is 1. The average Bonchev–Trinajstić information content (AvgIpc) is 2.89. The van der Waals surface area contributed by atoms with Gasteiger partial charge in [0.25, 0.3) is 5.91 Å². The highest BCUT2D eigenvalue weighted by Crippen LogP contribution is 2.47. The van der Waals surface area contributed by atoms with Crippen molar-refractivity contribution in [2.45, 2.75) is 26.2 Å². The van der Waals surface area contributed by atoms with Crippen LogP contribution < -0.4 is 5.32 Å². The van der Waals surface area contributed by atoms with Crippen LogP contribution in [0.3, 0.4) is 0 Å². The fourth-order valence-electron chi connectivity index (χ4n) is 1.84. The Kier molecular flexibility index (Phi) is 3.30. The van der Waals surface area contributed by atoms with E-state index >= 15 is 0 Å². The van der Waals surface area contributed by atoms with E-state index in [2.05, 4.69) is 5.32 Å². The molecule has 2 rings (SSSR count). The van der Waals surface area contributed by atoms with Gasteiger partial charge in [-0.15, -0.1) is 11.3 Å². The van der Waals surface area contributed by atoms with Crippen molar-refractivity contribution in [2.75, 3.05) is 13.2 Å². The topological polar surface area (TPSA) is 49.3 Å². The number of rotatable bonds is 5. The first-order valence-corrected chi connectivity index (χ1v) is 6.42. The predicted octanol–water partition coefficient (Wildman–Crippen LogP) is 1.95. The zero-order valence-corrected chi connectivity index (χ0v) is 10.3. The van der Waals surface area contributed by atoms with Gasteiger partial charge >= 0.3 is 0 Å². The number of carbonyl (C=O) groups is 1. The maximum Gasteiger partial charge on any atom is 0.261 e. The molecule has 16 heavy (non-hydrogen) atoms. The predicted molar refractivity (Wildman–Crippen MR) is 64.8 cm³/mol.